The second kappa shape index (κ2) is 9.52. The van der Waals surface area contributed by atoms with Crippen LogP contribution in [0.3, 0.4) is 0 Å². The summed E-state index contributed by atoms with van der Waals surface area (Å²) in [7, 11) is -2.25. The number of sulfonamides is 1. The van der Waals surface area contributed by atoms with E-state index in [-0.39, 0.29) is 10.7 Å². The molecule has 0 atom stereocenters. The van der Waals surface area contributed by atoms with Crippen LogP contribution in [0.15, 0.2) is 82.5 Å². The molecule has 5 N–H and O–H groups in total. The van der Waals surface area contributed by atoms with Gasteiger partial charge >= 0.3 is 0 Å². The molecule has 0 spiro atoms. The average Bonchev–Trinajstić information content (AvgIpc) is 3.04. The number of nitrogens with one attached hydrogen (secondary N) is 1. The van der Waals surface area contributed by atoms with E-state index < -0.39 is 15.6 Å². The number of nitrogens with zero attached hydrogens (tertiary/aromatic N) is 3. The maximum Gasteiger partial charge on any atom is 0.279 e. The minimum absolute atomic E-state index is 0.0367. The molecule has 10 nitrogen and oxygen atoms in total. The predicted octanol–water partition coefficient (Wildman–Crippen LogP) is 2.83. The Morgan fingerprint density at radius 3 is 2.41 bits per heavy atom. The number of methoxy groups -OCH3 is 1. The Bertz CT molecular complexity index is 1800. The fraction of sp³-hybridized carbons (Fsp3) is 0.115. The van der Waals surface area contributed by atoms with Crippen LogP contribution < -0.4 is 26.5 Å². The highest BCUT2D eigenvalue weighted by Crippen LogP contribution is 2.34. The maximum atomic E-state index is 13.0. The fourth-order valence-corrected chi connectivity index (χ4v) is 4.77. The lowest BCUT2D eigenvalue weighted by atomic mass is 10.1. The molecule has 2 heterocycles. The lowest BCUT2D eigenvalue weighted by molar-refractivity contribution is 0.410. The van der Waals surface area contributed by atoms with Gasteiger partial charge in [0.15, 0.2) is 5.65 Å². The van der Waals surface area contributed by atoms with Gasteiger partial charge in [-0.3, -0.25) is 9.36 Å². The number of primary sulfonamides is 1. The van der Waals surface area contributed by atoms with Crippen molar-refractivity contribution in [2.45, 2.75) is 11.3 Å². The predicted molar refractivity (Wildman–Crippen MR) is 144 cm³/mol. The second-order valence-corrected chi connectivity index (χ2v) is 9.90. The summed E-state index contributed by atoms with van der Waals surface area (Å²) < 4.78 is 30.6. The number of benzene rings is 3. The van der Waals surface area contributed by atoms with Crippen LogP contribution in [0.25, 0.3) is 27.8 Å². The number of rotatable bonds is 7. The van der Waals surface area contributed by atoms with Gasteiger partial charge < -0.3 is 15.8 Å². The monoisotopic (exact) mass is 516 g/mol. The van der Waals surface area contributed by atoms with Gasteiger partial charge in [0.1, 0.15) is 22.8 Å². The highest BCUT2D eigenvalue weighted by Gasteiger charge is 2.20. The molecule has 0 aliphatic rings. The SMILES string of the molecule is COc1ccccc1CCNc1c(N)n(-c2ccc(S(N)(=O)=O)cc2)c2nc3ccccc3c(=O)nc12. The molecule has 0 fully saturated rings. The van der Waals surface area contributed by atoms with Crippen LogP contribution in [0.5, 0.6) is 5.75 Å². The largest absolute Gasteiger partial charge is 0.496 e. The van der Waals surface area contributed by atoms with Crippen molar-refractivity contribution in [3.05, 3.63) is 88.7 Å². The van der Waals surface area contributed by atoms with Crippen molar-refractivity contribution in [3.8, 4) is 11.4 Å². The molecule has 0 amide bonds. The Balaban J connectivity index is 1.66. The molecule has 11 heteroatoms. The minimum Gasteiger partial charge on any atom is -0.496 e. The van der Waals surface area contributed by atoms with Gasteiger partial charge in [-0.1, -0.05) is 30.3 Å². The van der Waals surface area contributed by atoms with E-state index in [4.69, 9.17) is 20.6 Å². The van der Waals surface area contributed by atoms with E-state index in [1.165, 1.54) is 12.1 Å². The first-order valence-corrected chi connectivity index (χ1v) is 12.9. The summed E-state index contributed by atoms with van der Waals surface area (Å²) in [5.74, 6) is 1.04. The number of anilines is 2. The lowest BCUT2D eigenvalue weighted by Gasteiger charge is -2.11. The van der Waals surface area contributed by atoms with Crippen LogP contribution in [0.1, 0.15) is 5.56 Å². The van der Waals surface area contributed by atoms with Gasteiger partial charge in [-0.25, -0.2) is 23.5 Å². The molecule has 0 saturated carbocycles. The molecular formula is C26H24N6O4S. The van der Waals surface area contributed by atoms with Crippen LogP contribution >= 0.6 is 0 Å². The summed E-state index contributed by atoms with van der Waals surface area (Å²) >= 11 is 0. The number of para-hydroxylation sites is 2. The van der Waals surface area contributed by atoms with Gasteiger partial charge in [0.25, 0.3) is 5.56 Å². The Hall–Kier alpha value is -4.48. The highest BCUT2D eigenvalue weighted by atomic mass is 32.2. The Labute approximate surface area is 212 Å². The summed E-state index contributed by atoms with van der Waals surface area (Å²) in [6.07, 6.45) is 0.623. The van der Waals surface area contributed by atoms with Crippen molar-refractivity contribution in [3.63, 3.8) is 0 Å². The van der Waals surface area contributed by atoms with E-state index in [0.29, 0.717) is 46.4 Å². The zero-order chi connectivity index (χ0) is 26.2. The third kappa shape index (κ3) is 4.57. The molecular weight excluding hydrogens is 492 g/mol. The quantitative estimate of drug-likeness (QED) is 0.298. The number of fused-ring (bicyclic) bond motifs is 2. The van der Waals surface area contributed by atoms with Crippen molar-refractivity contribution < 1.29 is 13.2 Å². The van der Waals surface area contributed by atoms with Gasteiger partial charge in [0.2, 0.25) is 10.0 Å². The number of nitrogen functional groups attached to an aromatic ring is 1. The number of aromatic nitrogens is 3. The van der Waals surface area contributed by atoms with E-state index in [1.807, 2.05) is 24.3 Å². The summed E-state index contributed by atoms with van der Waals surface area (Å²) in [5.41, 5.74) is 9.24. The average molecular weight is 517 g/mol. The zero-order valence-electron chi connectivity index (χ0n) is 19.9. The molecule has 0 unspecified atom stereocenters. The number of ether oxygens (including phenoxy) is 1. The van der Waals surface area contributed by atoms with Crippen molar-refractivity contribution >= 4 is 43.6 Å². The van der Waals surface area contributed by atoms with Crippen molar-refractivity contribution in [1.82, 2.24) is 14.5 Å². The summed E-state index contributed by atoms with van der Waals surface area (Å²) in [6.45, 7) is 0.474. The first-order chi connectivity index (χ1) is 17.8. The maximum absolute atomic E-state index is 13.0. The smallest absolute Gasteiger partial charge is 0.279 e. The third-order valence-electron chi connectivity index (χ3n) is 6.04. The molecule has 0 saturated heterocycles. The summed E-state index contributed by atoms with van der Waals surface area (Å²) in [4.78, 5) is 22.1. The number of hydrogen-bond donors (Lipinski definition) is 3. The van der Waals surface area contributed by atoms with Gasteiger partial charge in [-0.05, 0) is 54.4 Å². The molecule has 37 heavy (non-hydrogen) atoms. The second-order valence-electron chi connectivity index (χ2n) is 8.34. The topological polar surface area (TPSA) is 155 Å². The molecule has 3 aromatic carbocycles. The van der Waals surface area contributed by atoms with E-state index >= 15 is 0 Å². The zero-order valence-corrected chi connectivity index (χ0v) is 20.7. The number of nitrogens with two attached hydrogens (primary N) is 2. The number of hydrogen-bond acceptors (Lipinski definition) is 8. The highest BCUT2D eigenvalue weighted by molar-refractivity contribution is 7.89. The van der Waals surface area contributed by atoms with Crippen molar-refractivity contribution in [1.29, 1.82) is 0 Å². The van der Waals surface area contributed by atoms with Gasteiger partial charge in [0, 0.05) is 12.2 Å². The molecule has 0 radical (unpaired) electrons. The van der Waals surface area contributed by atoms with E-state index in [1.54, 1.807) is 48.1 Å². The summed E-state index contributed by atoms with van der Waals surface area (Å²) in [6, 6.07) is 20.5. The van der Waals surface area contributed by atoms with Crippen LogP contribution in [0, 0.1) is 0 Å². The van der Waals surface area contributed by atoms with Crippen LogP contribution in [-0.4, -0.2) is 36.6 Å². The standard InChI is InChI=1S/C26H24N6O4S/c1-36-21-9-5-2-6-16(21)14-15-29-22-23-25(30-20-8-4-3-7-19(20)26(33)31-23)32(24(22)27)17-10-12-18(13-11-17)37(28,34)35/h2-13,29H,14-15,27H2,1H3,(H2,28,34,35). The van der Waals surface area contributed by atoms with E-state index in [9.17, 15) is 13.2 Å². The van der Waals surface area contributed by atoms with Crippen molar-refractivity contribution in [2.24, 2.45) is 5.14 Å². The molecule has 5 rings (SSSR count). The Morgan fingerprint density at radius 2 is 1.68 bits per heavy atom. The van der Waals surface area contributed by atoms with E-state index in [0.717, 1.165) is 11.3 Å². The van der Waals surface area contributed by atoms with Gasteiger partial charge in [-0.2, -0.15) is 0 Å². The molecule has 0 bridgehead atoms. The van der Waals surface area contributed by atoms with E-state index in [2.05, 4.69) is 10.3 Å². The van der Waals surface area contributed by atoms with Crippen molar-refractivity contribution in [2.75, 3.05) is 24.7 Å². The first kappa shape index (κ1) is 24.2. The molecule has 5 aromatic rings. The van der Waals surface area contributed by atoms with Crippen LogP contribution in [0.2, 0.25) is 0 Å². The molecule has 188 valence electrons. The minimum atomic E-state index is -3.87. The summed E-state index contributed by atoms with van der Waals surface area (Å²) in [5, 5.41) is 8.94. The van der Waals surface area contributed by atoms with Gasteiger partial charge in [-0.15, -0.1) is 0 Å². The van der Waals surface area contributed by atoms with Gasteiger partial charge in [0.05, 0.1) is 22.9 Å². The molecule has 2 aromatic heterocycles. The normalized spacial score (nSPS) is 11.6. The lowest BCUT2D eigenvalue weighted by Crippen LogP contribution is -2.12. The molecule has 0 aliphatic carbocycles. The first-order valence-electron chi connectivity index (χ1n) is 11.4. The third-order valence-corrected chi connectivity index (χ3v) is 6.97. The van der Waals surface area contributed by atoms with Crippen LogP contribution in [-0.2, 0) is 16.4 Å². The Kier molecular flexibility index (Phi) is 6.24. The fourth-order valence-electron chi connectivity index (χ4n) is 4.25. The van der Waals surface area contributed by atoms with Crippen LogP contribution in [0.4, 0.5) is 11.5 Å². The molecule has 0 aliphatic heterocycles. The Morgan fingerprint density at radius 1 is 0.973 bits per heavy atom.